The largest absolute Gasteiger partial charge is 0.469 e. The lowest BCUT2D eigenvalue weighted by atomic mass is 10.1. The number of furan rings is 1. The second-order valence-corrected chi connectivity index (χ2v) is 8.54. The van der Waals surface area contributed by atoms with Crippen molar-refractivity contribution in [3.05, 3.63) is 81.9 Å². The Morgan fingerprint density at radius 3 is 2.65 bits per heavy atom. The highest BCUT2D eigenvalue weighted by Gasteiger charge is 2.12. The van der Waals surface area contributed by atoms with Gasteiger partial charge < -0.3 is 19.8 Å². The first-order valence-electron chi connectivity index (χ1n) is 10.8. The number of morpholine rings is 1. The lowest BCUT2D eigenvalue weighted by molar-refractivity contribution is 0.0341. The van der Waals surface area contributed by atoms with Crippen molar-refractivity contribution in [1.29, 1.82) is 0 Å². The van der Waals surface area contributed by atoms with Crippen molar-refractivity contribution in [2.75, 3.05) is 32.8 Å². The molecule has 0 radical (unpaired) electrons. The fourth-order valence-electron chi connectivity index (χ4n) is 3.55. The van der Waals surface area contributed by atoms with E-state index in [1.165, 1.54) is 16.0 Å². The third-order valence-corrected chi connectivity index (χ3v) is 6.15. The Labute approximate surface area is 187 Å². The van der Waals surface area contributed by atoms with Crippen molar-refractivity contribution in [2.45, 2.75) is 26.1 Å². The maximum atomic E-state index is 5.48. The fourth-order valence-corrected chi connectivity index (χ4v) is 4.19. The summed E-state index contributed by atoms with van der Waals surface area (Å²) in [6.45, 7) is 6.71. The van der Waals surface area contributed by atoms with Crippen LogP contribution in [-0.2, 0) is 30.8 Å². The minimum absolute atomic E-state index is 0.640. The van der Waals surface area contributed by atoms with Crippen molar-refractivity contribution in [2.24, 2.45) is 4.99 Å². The summed E-state index contributed by atoms with van der Waals surface area (Å²) in [6.07, 6.45) is 2.53. The Bertz CT molecular complexity index is 919. The molecular weight excluding hydrogens is 408 g/mol. The summed E-state index contributed by atoms with van der Waals surface area (Å²) in [7, 11) is 0. The minimum atomic E-state index is 0.640. The minimum Gasteiger partial charge on any atom is -0.469 e. The summed E-state index contributed by atoms with van der Waals surface area (Å²) in [5.41, 5.74) is 2.60. The first-order chi connectivity index (χ1) is 15.4. The van der Waals surface area contributed by atoms with Crippen LogP contribution < -0.4 is 10.6 Å². The third kappa shape index (κ3) is 6.95. The first-order valence-corrected chi connectivity index (χ1v) is 11.7. The number of guanidine groups is 1. The van der Waals surface area contributed by atoms with Gasteiger partial charge in [0.1, 0.15) is 5.76 Å². The summed E-state index contributed by atoms with van der Waals surface area (Å²) in [6, 6.07) is 16.7. The smallest absolute Gasteiger partial charge is 0.191 e. The SMILES string of the molecule is c1coc(CCNC(=NCc2ccccc2CN2CCOCC2)NCc2cccs2)c1. The highest BCUT2D eigenvalue weighted by molar-refractivity contribution is 7.09. The highest BCUT2D eigenvalue weighted by atomic mass is 32.1. The van der Waals surface area contributed by atoms with Crippen LogP contribution in [-0.4, -0.2) is 43.7 Å². The van der Waals surface area contributed by atoms with E-state index < -0.39 is 0 Å². The maximum absolute atomic E-state index is 5.48. The zero-order chi connectivity index (χ0) is 21.1. The number of ether oxygens (including phenoxy) is 1. The lowest BCUT2D eigenvalue weighted by Crippen LogP contribution is -2.38. The van der Waals surface area contributed by atoms with E-state index in [9.17, 15) is 0 Å². The van der Waals surface area contributed by atoms with Gasteiger partial charge in [-0.1, -0.05) is 30.3 Å². The number of aliphatic imine (C=N–C) groups is 1. The van der Waals surface area contributed by atoms with Crippen LogP contribution in [0, 0.1) is 0 Å². The van der Waals surface area contributed by atoms with Gasteiger partial charge in [-0.25, -0.2) is 4.99 Å². The van der Waals surface area contributed by atoms with Crippen molar-refractivity contribution < 1.29 is 9.15 Å². The van der Waals surface area contributed by atoms with Gasteiger partial charge in [-0.05, 0) is 34.7 Å². The van der Waals surface area contributed by atoms with Gasteiger partial charge >= 0.3 is 0 Å². The Kier molecular flexibility index (Phi) is 8.15. The molecule has 164 valence electrons. The monoisotopic (exact) mass is 438 g/mol. The molecule has 3 heterocycles. The quantitative estimate of drug-likeness (QED) is 0.394. The standard InChI is InChI=1S/C24H30N4O2S/c1-2-6-21(19-28-11-14-29-15-12-28)20(5-1)17-26-24(27-18-23-8-4-16-31-23)25-10-9-22-7-3-13-30-22/h1-8,13,16H,9-12,14-15,17-19H2,(H2,25,26,27). The van der Waals surface area contributed by atoms with Crippen LogP contribution in [0.3, 0.4) is 0 Å². The van der Waals surface area contributed by atoms with Gasteiger partial charge in [0.25, 0.3) is 0 Å². The molecular formula is C24H30N4O2S. The number of hydrogen-bond acceptors (Lipinski definition) is 5. The summed E-state index contributed by atoms with van der Waals surface area (Å²) in [4.78, 5) is 8.62. The van der Waals surface area contributed by atoms with Crippen molar-refractivity contribution >= 4 is 17.3 Å². The molecule has 0 bridgehead atoms. The second-order valence-electron chi connectivity index (χ2n) is 7.51. The molecule has 0 spiro atoms. The van der Waals surface area contributed by atoms with Crippen LogP contribution in [0.1, 0.15) is 21.8 Å². The van der Waals surface area contributed by atoms with Gasteiger partial charge in [0.2, 0.25) is 0 Å². The number of rotatable bonds is 9. The van der Waals surface area contributed by atoms with Gasteiger partial charge in [-0.2, -0.15) is 0 Å². The first kappa shape index (κ1) is 21.6. The topological polar surface area (TPSA) is 62.0 Å². The van der Waals surface area contributed by atoms with Gasteiger partial charge in [0, 0.05) is 37.5 Å². The average molecular weight is 439 g/mol. The molecule has 1 fully saturated rings. The number of thiophene rings is 1. The normalized spacial score (nSPS) is 15.2. The van der Waals surface area contributed by atoms with Crippen LogP contribution in [0.4, 0.5) is 0 Å². The van der Waals surface area contributed by atoms with Gasteiger partial charge in [0.05, 0.1) is 32.6 Å². The molecule has 0 atom stereocenters. The third-order valence-electron chi connectivity index (χ3n) is 5.28. The Morgan fingerprint density at radius 1 is 1.00 bits per heavy atom. The molecule has 2 aromatic heterocycles. The molecule has 0 amide bonds. The van der Waals surface area contributed by atoms with E-state index in [2.05, 4.69) is 57.3 Å². The number of nitrogens with zero attached hydrogens (tertiary/aromatic N) is 2. The van der Waals surface area contributed by atoms with Crippen molar-refractivity contribution in [3.8, 4) is 0 Å². The van der Waals surface area contributed by atoms with Gasteiger partial charge in [-0.15, -0.1) is 11.3 Å². The maximum Gasteiger partial charge on any atom is 0.191 e. The molecule has 4 rings (SSSR count). The predicted molar refractivity (Wildman–Crippen MR) is 125 cm³/mol. The molecule has 0 aliphatic carbocycles. The highest BCUT2D eigenvalue weighted by Crippen LogP contribution is 2.14. The van der Waals surface area contributed by atoms with Crippen LogP contribution in [0.25, 0.3) is 0 Å². The van der Waals surface area contributed by atoms with Crippen LogP contribution in [0.15, 0.2) is 69.6 Å². The lowest BCUT2D eigenvalue weighted by Gasteiger charge is -2.27. The van der Waals surface area contributed by atoms with Crippen molar-refractivity contribution in [1.82, 2.24) is 15.5 Å². The molecule has 6 nitrogen and oxygen atoms in total. The molecule has 2 N–H and O–H groups in total. The molecule has 0 saturated carbocycles. The molecule has 3 aromatic rings. The molecule has 1 saturated heterocycles. The zero-order valence-electron chi connectivity index (χ0n) is 17.8. The van der Waals surface area contributed by atoms with E-state index in [1.54, 1.807) is 17.6 Å². The molecule has 0 unspecified atom stereocenters. The van der Waals surface area contributed by atoms with E-state index in [0.717, 1.165) is 64.1 Å². The van der Waals surface area contributed by atoms with Crippen LogP contribution in [0.5, 0.6) is 0 Å². The van der Waals surface area contributed by atoms with E-state index in [-0.39, 0.29) is 0 Å². The van der Waals surface area contributed by atoms with Crippen LogP contribution >= 0.6 is 11.3 Å². The predicted octanol–water partition coefficient (Wildman–Crippen LogP) is 3.65. The Morgan fingerprint density at radius 2 is 1.87 bits per heavy atom. The Hall–Kier alpha value is -2.61. The molecule has 7 heteroatoms. The van der Waals surface area contributed by atoms with Crippen LogP contribution in [0.2, 0.25) is 0 Å². The van der Waals surface area contributed by atoms with Gasteiger partial charge in [-0.3, -0.25) is 4.90 Å². The average Bonchev–Trinajstić information content (AvgIpc) is 3.51. The number of benzene rings is 1. The van der Waals surface area contributed by atoms with E-state index in [1.807, 2.05) is 12.1 Å². The Balaban J connectivity index is 1.39. The zero-order valence-corrected chi connectivity index (χ0v) is 18.6. The van der Waals surface area contributed by atoms with E-state index in [0.29, 0.717) is 6.54 Å². The van der Waals surface area contributed by atoms with Gasteiger partial charge in [0.15, 0.2) is 5.96 Å². The molecule has 1 aromatic carbocycles. The summed E-state index contributed by atoms with van der Waals surface area (Å²) in [5.74, 6) is 1.79. The summed E-state index contributed by atoms with van der Waals surface area (Å²) in [5, 5.41) is 9.01. The number of nitrogens with one attached hydrogen (secondary N) is 2. The second kappa shape index (κ2) is 11.7. The molecule has 31 heavy (non-hydrogen) atoms. The molecule has 1 aliphatic rings. The fraction of sp³-hybridized carbons (Fsp3) is 0.375. The summed E-state index contributed by atoms with van der Waals surface area (Å²) < 4.78 is 10.9. The van der Waals surface area contributed by atoms with E-state index >= 15 is 0 Å². The number of hydrogen-bond donors (Lipinski definition) is 2. The molecule has 1 aliphatic heterocycles. The summed E-state index contributed by atoms with van der Waals surface area (Å²) >= 11 is 1.75. The van der Waals surface area contributed by atoms with E-state index in [4.69, 9.17) is 14.1 Å². The van der Waals surface area contributed by atoms with Crippen molar-refractivity contribution in [3.63, 3.8) is 0 Å².